The van der Waals surface area contributed by atoms with Crippen LogP contribution in [-0.2, 0) is 4.79 Å². The summed E-state index contributed by atoms with van der Waals surface area (Å²) in [6.45, 7) is 2.48. The minimum Gasteiger partial charge on any atom is -0.496 e. The van der Waals surface area contributed by atoms with Crippen molar-refractivity contribution in [1.82, 2.24) is 5.32 Å². The summed E-state index contributed by atoms with van der Waals surface area (Å²) >= 11 is 0. The highest BCUT2D eigenvalue weighted by Crippen LogP contribution is 2.23. The number of rotatable bonds is 4. The molecule has 0 bridgehead atoms. The number of hydrogen-bond donors (Lipinski definition) is 1. The van der Waals surface area contributed by atoms with E-state index in [0.29, 0.717) is 24.3 Å². The van der Waals surface area contributed by atoms with Gasteiger partial charge < -0.3 is 15.0 Å². The molecule has 1 atom stereocenters. The molecule has 0 radical (unpaired) electrons. The van der Waals surface area contributed by atoms with Gasteiger partial charge >= 0.3 is 0 Å². The van der Waals surface area contributed by atoms with E-state index in [-0.39, 0.29) is 17.9 Å². The Bertz CT molecular complexity index is 755. The van der Waals surface area contributed by atoms with Gasteiger partial charge in [0.25, 0.3) is 5.91 Å². The van der Waals surface area contributed by atoms with Gasteiger partial charge in [-0.2, -0.15) is 0 Å². The molecule has 0 unspecified atom stereocenters. The highest BCUT2D eigenvalue weighted by Gasteiger charge is 2.32. The van der Waals surface area contributed by atoms with E-state index in [1.165, 1.54) is 7.11 Å². The molecular weight excluding hydrogens is 304 g/mol. The van der Waals surface area contributed by atoms with Crippen LogP contribution in [0.2, 0.25) is 0 Å². The van der Waals surface area contributed by atoms with E-state index in [1.807, 2.05) is 37.3 Å². The minimum absolute atomic E-state index is 0.0178. The minimum atomic E-state index is -0.226. The van der Waals surface area contributed by atoms with Crippen molar-refractivity contribution in [3.63, 3.8) is 0 Å². The molecule has 5 nitrogen and oxygen atoms in total. The van der Waals surface area contributed by atoms with Crippen LogP contribution in [0.25, 0.3) is 0 Å². The van der Waals surface area contributed by atoms with Crippen LogP contribution < -0.4 is 15.0 Å². The van der Waals surface area contributed by atoms with Gasteiger partial charge in [0, 0.05) is 18.7 Å². The van der Waals surface area contributed by atoms with E-state index in [2.05, 4.69) is 5.32 Å². The van der Waals surface area contributed by atoms with Crippen molar-refractivity contribution >= 4 is 17.5 Å². The number of amides is 2. The predicted molar refractivity (Wildman–Crippen MR) is 92.4 cm³/mol. The van der Waals surface area contributed by atoms with Gasteiger partial charge in [-0.1, -0.05) is 29.8 Å². The van der Waals surface area contributed by atoms with Gasteiger partial charge in [-0.05, 0) is 31.2 Å². The number of benzene rings is 2. The summed E-state index contributed by atoms with van der Waals surface area (Å²) in [4.78, 5) is 26.4. The fourth-order valence-electron chi connectivity index (χ4n) is 2.87. The summed E-state index contributed by atoms with van der Waals surface area (Å²) in [5.41, 5.74) is 2.48. The molecule has 3 rings (SSSR count). The molecule has 1 heterocycles. The van der Waals surface area contributed by atoms with Gasteiger partial charge in [-0.3, -0.25) is 9.59 Å². The van der Waals surface area contributed by atoms with Gasteiger partial charge in [0.05, 0.1) is 18.7 Å². The van der Waals surface area contributed by atoms with Crippen LogP contribution in [-0.4, -0.2) is 31.5 Å². The molecule has 1 aliphatic heterocycles. The number of hydrogen-bond acceptors (Lipinski definition) is 3. The Hall–Kier alpha value is -2.82. The zero-order chi connectivity index (χ0) is 17.1. The number of nitrogens with one attached hydrogen (secondary N) is 1. The van der Waals surface area contributed by atoms with Crippen molar-refractivity contribution in [1.29, 1.82) is 0 Å². The third-order valence-corrected chi connectivity index (χ3v) is 4.16. The molecule has 0 aromatic heterocycles. The maximum absolute atomic E-state index is 12.5. The molecule has 124 valence electrons. The van der Waals surface area contributed by atoms with Crippen molar-refractivity contribution in [3.8, 4) is 5.75 Å². The number of aryl methyl sites for hydroxylation is 1. The van der Waals surface area contributed by atoms with Crippen molar-refractivity contribution in [2.75, 3.05) is 18.6 Å². The average molecular weight is 324 g/mol. The van der Waals surface area contributed by atoms with Crippen LogP contribution in [0.4, 0.5) is 5.69 Å². The van der Waals surface area contributed by atoms with E-state index < -0.39 is 0 Å². The summed E-state index contributed by atoms with van der Waals surface area (Å²) in [6, 6.07) is 14.7. The van der Waals surface area contributed by atoms with Gasteiger partial charge in [0.2, 0.25) is 5.91 Å². The van der Waals surface area contributed by atoms with E-state index in [1.54, 1.807) is 23.1 Å². The number of methoxy groups -OCH3 is 1. The second-order valence-electron chi connectivity index (χ2n) is 5.91. The summed E-state index contributed by atoms with van der Waals surface area (Å²) < 4.78 is 5.22. The van der Waals surface area contributed by atoms with Crippen molar-refractivity contribution in [3.05, 3.63) is 59.7 Å². The third kappa shape index (κ3) is 3.25. The Labute approximate surface area is 141 Å². The number of anilines is 1. The quantitative estimate of drug-likeness (QED) is 0.940. The molecule has 24 heavy (non-hydrogen) atoms. The number of ether oxygens (including phenoxy) is 1. The molecule has 2 aromatic carbocycles. The van der Waals surface area contributed by atoms with Crippen molar-refractivity contribution < 1.29 is 14.3 Å². The zero-order valence-electron chi connectivity index (χ0n) is 13.8. The number of carbonyl (C=O) groups excluding carboxylic acids is 2. The first-order valence-corrected chi connectivity index (χ1v) is 7.89. The fourth-order valence-corrected chi connectivity index (χ4v) is 2.87. The SMILES string of the molecule is COc1ccccc1C(=O)N[C@@H]1CC(=O)N(c2ccc(C)cc2)C1. The second kappa shape index (κ2) is 6.74. The summed E-state index contributed by atoms with van der Waals surface area (Å²) in [5.74, 6) is 0.315. The molecule has 1 N–H and O–H groups in total. The van der Waals surface area contributed by atoms with E-state index in [4.69, 9.17) is 4.74 Å². The largest absolute Gasteiger partial charge is 0.496 e. The molecule has 0 spiro atoms. The topological polar surface area (TPSA) is 58.6 Å². The Morgan fingerprint density at radius 1 is 1.17 bits per heavy atom. The van der Waals surface area contributed by atoms with E-state index in [9.17, 15) is 9.59 Å². The molecular formula is C19H20N2O3. The Morgan fingerprint density at radius 3 is 2.58 bits per heavy atom. The lowest BCUT2D eigenvalue weighted by Crippen LogP contribution is -2.37. The van der Waals surface area contributed by atoms with Crippen molar-refractivity contribution in [2.45, 2.75) is 19.4 Å². The number of para-hydroxylation sites is 1. The van der Waals surface area contributed by atoms with E-state index >= 15 is 0 Å². The molecule has 2 aromatic rings. The number of carbonyl (C=O) groups is 2. The first kappa shape index (κ1) is 16.1. The lowest BCUT2D eigenvalue weighted by atomic mass is 10.1. The number of nitrogens with zero attached hydrogens (tertiary/aromatic N) is 1. The second-order valence-corrected chi connectivity index (χ2v) is 5.91. The first-order chi connectivity index (χ1) is 11.6. The monoisotopic (exact) mass is 324 g/mol. The van der Waals surface area contributed by atoms with Crippen LogP contribution in [0.5, 0.6) is 5.75 Å². The zero-order valence-corrected chi connectivity index (χ0v) is 13.8. The predicted octanol–water partition coefficient (Wildman–Crippen LogP) is 2.54. The lowest BCUT2D eigenvalue weighted by molar-refractivity contribution is -0.117. The van der Waals surface area contributed by atoms with Crippen LogP contribution in [0.1, 0.15) is 22.3 Å². The lowest BCUT2D eigenvalue weighted by Gasteiger charge is -2.18. The van der Waals surface area contributed by atoms with Crippen LogP contribution in [0, 0.1) is 6.92 Å². The normalized spacial score (nSPS) is 17.0. The highest BCUT2D eigenvalue weighted by atomic mass is 16.5. The highest BCUT2D eigenvalue weighted by molar-refractivity contribution is 6.00. The maximum atomic E-state index is 12.5. The Morgan fingerprint density at radius 2 is 1.88 bits per heavy atom. The maximum Gasteiger partial charge on any atom is 0.255 e. The molecule has 2 amide bonds. The van der Waals surface area contributed by atoms with E-state index in [0.717, 1.165) is 11.3 Å². The van der Waals surface area contributed by atoms with Gasteiger partial charge in [-0.25, -0.2) is 0 Å². The Balaban J connectivity index is 1.70. The molecule has 0 aliphatic carbocycles. The first-order valence-electron chi connectivity index (χ1n) is 7.89. The summed E-state index contributed by atoms with van der Waals surface area (Å²) in [5, 5.41) is 2.93. The summed E-state index contributed by atoms with van der Waals surface area (Å²) in [6.07, 6.45) is 0.300. The van der Waals surface area contributed by atoms with Crippen molar-refractivity contribution in [2.24, 2.45) is 0 Å². The summed E-state index contributed by atoms with van der Waals surface area (Å²) in [7, 11) is 1.53. The van der Waals surface area contributed by atoms with Crippen LogP contribution in [0.3, 0.4) is 0 Å². The fraction of sp³-hybridized carbons (Fsp3) is 0.263. The van der Waals surface area contributed by atoms with Gasteiger partial charge in [0.1, 0.15) is 5.75 Å². The molecule has 1 saturated heterocycles. The van der Waals surface area contributed by atoms with Gasteiger partial charge in [0.15, 0.2) is 0 Å². The molecule has 5 heteroatoms. The van der Waals surface area contributed by atoms with Crippen LogP contribution in [0.15, 0.2) is 48.5 Å². The smallest absolute Gasteiger partial charge is 0.255 e. The molecule has 1 fully saturated rings. The average Bonchev–Trinajstić information content (AvgIpc) is 2.95. The Kier molecular flexibility index (Phi) is 4.51. The van der Waals surface area contributed by atoms with Gasteiger partial charge in [-0.15, -0.1) is 0 Å². The molecule has 1 aliphatic rings. The third-order valence-electron chi connectivity index (χ3n) is 4.16. The standard InChI is InChI=1S/C19H20N2O3/c1-13-7-9-15(10-8-13)21-12-14(11-18(21)22)20-19(23)16-5-3-4-6-17(16)24-2/h3-10,14H,11-12H2,1-2H3,(H,20,23)/t14-/m1/s1. The van der Waals surface area contributed by atoms with Crippen LogP contribution >= 0.6 is 0 Å². The molecule has 0 saturated carbocycles.